The summed E-state index contributed by atoms with van der Waals surface area (Å²) in [6.07, 6.45) is -4.99. The van der Waals surface area contributed by atoms with Gasteiger partial charge in [0.2, 0.25) is 0 Å². The lowest BCUT2D eigenvalue weighted by atomic mass is 10.1. The van der Waals surface area contributed by atoms with Crippen molar-refractivity contribution >= 4 is 5.69 Å². The second-order valence-corrected chi connectivity index (χ2v) is 4.04. The molecule has 0 amide bonds. The van der Waals surface area contributed by atoms with E-state index in [2.05, 4.69) is 0 Å². The van der Waals surface area contributed by atoms with Crippen LogP contribution in [0.3, 0.4) is 0 Å². The first kappa shape index (κ1) is 13.7. The van der Waals surface area contributed by atoms with Gasteiger partial charge in [-0.05, 0) is 31.4 Å². The van der Waals surface area contributed by atoms with E-state index in [0.717, 1.165) is 11.1 Å². The van der Waals surface area contributed by atoms with Crippen molar-refractivity contribution in [3.05, 3.63) is 23.3 Å². The summed E-state index contributed by atoms with van der Waals surface area (Å²) in [6, 6.07) is 3.51. The van der Waals surface area contributed by atoms with Crippen molar-refractivity contribution < 1.29 is 17.9 Å². The molecule has 0 atom stereocenters. The topological polar surface area (TPSA) is 35.2 Å². The Hall–Kier alpha value is -1.39. The lowest BCUT2D eigenvalue weighted by molar-refractivity contribution is -0.136. The SMILES string of the molecule is Cc1cc(C)c(OCCCC(F)(F)F)cc1N. The Balaban J connectivity index is 2.50. The first-order valence-corrected chi connectivity index (χ1v) is 5.36. The number of rotatable bonds is 4. The average Bonchev–Trinajstić information content (AvgIpc) is 2.18. The van der Waals surface area contributed by atoms with Crippen LogP contribution in [0.15, 0.2) is 12.1 Å². The van der Waals surface area contributed by atoms with Crippen LogP contribution in [0.1, 0.15) is 24.0 Å². The number of hydrogen-bond acceptors (Lipinski definition) is 2. The van der Waals surface area contributed by atoms with Gasteiger partial charge in [-0.15, -0.1) is 0 Å². The predicted octanol–water partition coefficient (Wildman–Crippen LogP) is 3.61. The number of anilines is 1. The van der Waals surface area contributed by atoms with Crippen molar-refractivity contribution in [1.29, 1.82) is 0 Å². The van der Waals surface area contributed by atoms with Gasteiger partial charge in [-0.25, -0.2) is 0 Å². The fourth-order valence-corrected chi connectivity index (χ4v) is 1.46. The van der Waals surface area contributed by atoms with E-state index in [1.807, 2.05) is 19.9 Å². The molecule has 1 aromatic carbocycles. The number of hydrogen-bond donors (Lipinski definition) is 1. The summed E-state index contributed by atoms with van der Waals surface area (Å²) in [5.41, 5.74) is 8.10. The molecule has 0 aliphatic carbocycles. The van der Waals surface area contributed by atoms with Crippen molar-refractivity contribution in [2.24, 2.45) is 0 Å². The quantitative estimate of drug-likeness (QED) is 0.651. The van der Waals surface area contributed by atoms with Crippen LogP contribution in [0.5, 0.6) is 5.75 Å². The fourth-order valence-electron chi connectivity index (χ4n) is 1.46. The summed E-state index contributed by atoms with van der Waals surface area (Å²) < 4.78 is 41.0. The molecule has 0 aromatic heterocycles. The molecule has 5 heteroatoms. The van der Waals surface area contributed by atoms with Gasteiger partial charge < -0.3 is 10.5 Å². The number of nitrogens with two attached hydrogens (primary N) is 1. The van der Waals surface area contributed by atoms with Gasteiger partial charge in [-0.2, -0.15) is 13.2 Å². The van der Waals surface area contributed by atoms with Crippen molar-refractivity contribution in [2.45, 2.75) is 32.9 Å². The molecular formula is C12H16F3NO. The molecule has 0 radical (unpaired) electrons. The summed E-state index contributed by atoms with van der Waals surface area (Å²) >= 11 is 0. The molecule has 1 rings (SSSR count). The number of alkyl halides is 3. The van der Waals surface area contributed by atoms with Gasteiger partial charge in [0.15, 0.2) is 0 Å². The highest BCUT2D eigenvalue weighted by Crippen LogP contribution is 2.25. The Morgan fingerprint density at radius 3 is 2.41 bits per heavy atom. The Morgan fingerprint density at radius 2 is 1.82 bits per heavy atom. The molecule has 0 aliphatic heterocycles. The molecule has 17 heavy (non-hydrogen) atoms. The van der Waals surface area contributed by atoms with Crippen LogP contribution in [0.2, 0.25) is 0 Å². The van der Waals surface area contributed by atoms with E-state index in [1.54, 1.807) is 6.07 Å². The molecule has 0 spiro atoms. The van der Waals surface area contributed by atoms with Gasteiger partial charge in [-0.3, -0.25) is 0 Å². The van der Waals surface area contributed by atoms with Gasteiger partial charge in [-0.1, -0.05) is 6.07 Å². The van der Waals surface area contributed by atoms with E-state index in [1.165, 1.54) is 0 Å². The molecule has 0 heterocycles. The Morgan fingerprint density at radius 1 is 1.18 bits per heavy atom. The number of ether oxygens (including phenoxy) is 1. The van der Waals surface area contributed by atoms with Crippen LogP contribution in [0.25, 0.3) is 0 Å². The molecule has 0 bridgehead atoms. The highest BCUT2D eigenvalue weighted by Gasteiger charge is 2.26. The lowest BCUT2D eigenvalue weighted by Crippen LogP contribution is -2.10. The van der Waals surface area contributed by atoms with Gasteiger partial charge in [0.05, 0.1) is 6.61 Å². The number of nitrogen functional groups attached to an aromatic ring is 1. The molecule has 1 aromatic rings. The molecule has 0 saturated carbocycles. The lowest BCUT2D eigenvalue weighted by Gasteiger charge is -2.12. The molecule has 96 valence electrons. The minimum absolute atomic E-state index is 0.0445. The number of benzene rings is 1. The average molecular weight is 247 g/mol. The largest absolute Gasteiger partial charge is 0.493 e. The van der Waals surface area contributed by atoms with Gasteiger partial charge >= 0.3 is 6.18 Å². The van der Waals surface area contributed by atoms with Crippen LogP contribution in [0, 0.1) is 13.8 Å². The Kier molecular flexibility index (Phi) is 4.26. The minimum atomic E-state index is -4.12. The summed E-state index contributed by atoms with van der Waals surface area (Å²) in [5, 5.41) is 0. The Bertz CT molecular complexity index is 388. The zero-order valence-corrected chi connectivity index (χ0v) is 9.90. The van der Waals surface area contributed by atoms with Gasteiger partial charge in [0, 0.05) is 18.2 Å². The smallest absolute Gasteiger partial charge is 0.389 e. The number of aryl methyl sites for hydroxylation is 2. The standard InChI is InChI=1S/C12H16F3NO/c1-8-6-9(2)11(7-10(8)16)17-5-3-4-12(13,14)15/h6-7H,3-5,16H2,1-2H3. The molecule has 0 unspecified atom stereocenters. The van der Waals surface area contributed by atoms with Gasteiger partial charge in [0.25, 0.3) is 0 Å². The van der Waals surface area contributed by atoms with E-state index in [9.17, 15) is 13.2 Å². The highest BCUT2D eigenvalue weighted by molar-refractivity contribution is 5.54. The summed E-state index contributed by atoms with van der Waals surface area (Å²) in [7, 11) is 0. The van der Waals surface area contributed by atoms with Crippen LogP contribution < -0.4 is 10.5 Å². The molecule has 0 fully saturated rings. The third-order valence-corrected chi connectivity index (χ3v) is 2.43. The van der Waals surface area contributed by atoms with E-state index in [-0.39, 0.29) is 13.0 Å². The van der Waals surface area contributed by atoms with Crippen LogP contribution in [0.4, 0.5) is 18.9 Å². The maximum atomic E-state index is 11.9. The predicted molar refractivity (Wildman–Crippen MR) is 61.1 cm³/mol. The van der Waals surface area contributed by atoms with Crippen LogP contribution in [-0.2, 0) is 0 Å². The van der Waals surface area contributed by atoms with Crippen LogP contribution in [-0.4, -0.2) is 12.8 Å². The maximum Gasteiger partial charge on any atom is 0.389 e. The van der Waals surface area contributed by atoms with E-state index in [0.29, 0.717) is 11.4 Å². The summed E-state index contributed by atoms with van der Waals surface area (Å²) in [6.45, 7) is 3.75. The summed E-state index contributed by atoms with van der Waals surface area (Å²) in [5.74, 6) is 0.551. The van der Waals surface area contributed by atoms with E-state index in [4.69, 9.17) is 10.5 Å². The normalized spacial score (nSPS) is 11.6. The molecule has 2 N–H and O–H groups in total. The number of halogens is 3. The Labute approximate surface area is 98.6 Å². The second kappa shape index (κ2) is 5.29. The first-order valence-electron chi connectivity index (χ1n) is 5.36. The molecule has 0 aliphatic rings. The van der Waals surface area contributed by atoms with Crippen molar-refractivity contribution in [3.8, 4) is 5.75 Å². The fraction of sp³-hybridized carbons (Fsp3) is 0.500. The maximum absolute atomic E-state index is 11.9. The van der Waals surface area contributed by atoms with E-state index >= 15 is 0 Å². The molecule has 2 nitrogen and oxygen atoms in total. The van der Waals surface area contributed by atoms with E-state index < -0.39 is 12.6 Å². The zero-order chi connectivity index (χ0) is 13.1. The highest BCUT2D eigenvalue weighted by atomic mass is 19.4. The van der Waals surface area contributed by atoms with Crippen molar-refractivity contribution in [2.75, 3.05) is 12.3 Å². The zero-order valence-electron chi connectivity index (χ0n) is 9.90. The molecule has 0 saturated heterocycles. The van der Waals surface area contributed by atoms with Crippen molar-refractivity contribution in [1.82, 2.24) is 0 Å². The van der Waals surface area contributed by atoms with Crippen molar-refractivity contribution in [3.63, 3.8) is 0 Å². The second-order valence-electron chi connectivity index (χ2n) is 4.04. The summed E-state index contributed by atoms with van der Waals surface area (Å²) in [4.78, 5) is 0. The monoisotopic (exact) mass is 247 g/mol. The molecular weight excluding hydrogens is 231 g/mol. The minimum Gasteiger partial charge on any atom is -0.493 e. The van der Waals surface area contributed by atoms with Gasteiger partial charge in [0.1, 0.15) is 5.75 Å². The third kappa shape index (κ3) is 4.54. The third-order valence-electron chi connectivity index (χ3n) is 2.43. The first-order chi connectivity index (χ1) is 7.79. The van der Waals surface area contributed by atoms with Crippen LogP contribution >= 0.6 is 0 Å².